The highest BCUT2D eigenvalue weighted by atomic mass is 15.1. The normalized spacial score (nSPS) is 11.8. The Labute approximate surface area is 131 Å². The SMILES string of the molecule is CCN(CCCN(C)C)Cc1ccc(CNC(C)C)cc1. The van der Waals surface area contributed by atoms with Crippen LogP contribution in [0.1, 0.15) is 38.3 Å². The molecule has 0 unspecified atom stereocenters. The minimum absolute atomic E-state index is 0.539. The summed E-state index contributed by atoms with van der Waals surface area (Å²) in [6.07, 6.45) is 1.23. The predicted octanol–water partition coefficient (Wildman–Crippen LogP) is 2.96. The molecule has 0 atom stereocenters. The van der Waals surface area contributed by atoms with Crippen molar-refractivity contribution in [1.82, 2.24) is 15.1 Å². The molecule has 3 heteroatoms. The van der Waals surface area contributed by atoms with Gasteiger partial charge in [0.2, 0.25) is 0 Å². The largest absolute Gasteiger partial charge is 0.310 e. The zero-order chi connectivity index (χ0) is 15.7. The van der Waals surface area contributed by atoms with Gasteiger partial charge in [-0.05, 0) is 51.3 Å². The lowest BCUT2D eigenvalue weighted by molar-refractivity contribution is 0.259. The molecule has 0 aliphatic carbocycles. The number of nitrogens with zero attached hydrogens (tertiary/aromatic N) is 2. The van der Waals surface area contributed by atoms with Gasteiger partial charge in [-0.1, -0.05) is 45.0 Å². The molecule has 0 aliphatic rings. The van der Waals surface area contributed by atoms with E-state index in [4.69, 9.17) is 0 Å². The van der Waals surface area contributed by atoms with Crippen LogP contribution in [0.3, 0.4) is 0 Å². The summed E-state index contributed by atoms with van der Waals surface area (Å²) < 4.78 is 0. The standard InChI is InChI=1S/C18H33N3/c1-6-21(13-7-12-20(4)5)15-18-10-8-17(9-11-18)14-19-16(2)3/h8-11,16,19H,6-7,12-15H2,1-5H3. The van der Waals surface area contributed by atoms with E-state index >= 15 is 0 Å². The van der Waals surface area contributed by atoms with Gasteiger partial charge in [-0.15, -0.1) is 0 Å². The van der Waals surface area contributed by atoms with Gasteiger partial charge in [0.15, 0.2) is 0 Å². The third kappa shape index (κ3) is 8.20. The van der Waals surface area contributed by atoms with Crippen molar-refractivity contribution in [3.63, 3.8) is 0 Å². The van der Waals surface area contributed by atoms with Crippen LogP contribution in [0, 0.1) is 0 Å². The maximum absolute atomic E-state index is 3.46. The first-order valence-electron chi connectivity index (χ1n) is 8.19. The maximum Gasteiger partial charge on any atom is 0.0233 e. The van der Waals surface area contributed by atoms with Crippen molar-refractivity contribution in [3.8, 4) is 0 Å². The highest BCUT2D eigenvalue weighted by Gasteiger charge is 2.04. The topological polar surface area (TPSA) is 18.5 Å². The molecule has 3 nitrogen and oxygen atoms in total. The van der Waals surface area contributed by atoms with Gasteiger partial charge in [0.1, 0.15) is 0 Å². The molecule has 120 valence electrons. The maximum atomic E-state index is 3.46. The van der Waals surface area contributed by atoms with Crippen molar-refractivity contribution in [2.24, 2.45) is 0 Å². The molecular formula is C18H33N3. The molecule has 0 fully saturated rings. The van der Waals surface area contributed by atoms with Gasteiger partial charge < -0.3 is 10.2 Å². The fourth-order valence-corrected chi connectivity index (χ4v) is 2.30. The van der Waals surface area contributed by atoms with Crippen molar-refractivity contribution in [1.29, 1.82) is 0 Å². The van der Waals surface area contributed by atoms with E-state index in [1.807, 2.05) is 0 Å². The number of benzene rings is 1. The molecule has 1 N–H and O–H groups in total. The van der Waals surface area contributed by atoms with E-state index in [0.29, 0.717) is 6.04 Å². The van der Waals surface area contributed by atoms with Crippen LogP contribution in [0.15, 0.2) is 24.3 Å². The first-order chi connectivity index (χ1) is 10.0. The zero-order valence-corrected chi connectivity index (χ0v) is 14.5. The third-order valence-electron chi connectivity index (χ3n) is 3.67. The monoisotopic (exact) mass is 291 g/mol. The molecule has 0 heterocycles. The molecule has 0 aliphatic heterocycles. The third-order valence-corrected chi connectivity index (χ3v) is 3.67. The summed E-state index contributed by atoms with van der Waals surface area (Å²) in [6, 6.07) is 9.58. The second-order valence-corrected chi connectivity index (χ2v) is 6.38. The second-order valence-electron chi connectivity index (χ2n) is 6.38. The van der Waals surface area contributed by atoms with Crippen LogP contribution >= 0.6 is 0 Å². The Hall–Kier alpha value is -0.900. The van der Waals surface area contributed by atoms with Crippen LogP contribution in [-0.2, 0) is 13.1 Å². The predicted molar refractivity (Wildman–Crippen MR) is 92.5 cm³/mol. The summed E-state index contributed by atoms with van der Waals surface area (Å²) in [5.74, 6) is 0. The van der Waals surface area contributed by atoms with Gasteiger partial charge in [-0.3, -0.25) is 4.90 Å². The van der Waals surface area contributed by atoms with E-state index in [0.717, 1.165) is 26.2 Å². The molecule has 0 radical (unpaired) electrons. The molecule has 21 heavy (non-hydrogen) atoms. The van der Waals surface area contributed by atoms with Crippen molar-refractivity contribution in [3.05, 3.63) is 35.4 Å². The number of nitrogens with one attached hydrogen (secondary N) is 1. The van der Waals surface area contributed by atoms with Crippen molar-refractivity contribution in [2.75, 3.05) is 33.7 Å². The smallest absolute Gasteiger partial charge is 0.0233 e. The molecule has 1 aromatic rings. The lowest BCUT2D eigenvalue weighted by Gasteiger charge is -2.21. The lowest BCUT2D eigenvalue weighted by atomic mass is 10.1. The Balaban J connectivity index is 2.41. The molecule has 0 saturated carbocycles. The van der Waals surface area contributed by atoms with Crippen LogP contribution in [-0.4, -0.2) is 49.6 Å². The van der Waals surface area contributed by atoms with Crippen LogP contribution in [0.4, 0.5) is 0 Å². The Morgan fingerprint density at radius 2 is 1.62 bits per heavy atom. The zero-order valence-electron chi connectivity index (χ0n) is 14.5. The Morgan fingerprint density at radius 3 is 2.14 bits per heavy atom. The summed E-state index contributed by atoms with van der Waals surface area (Å²) in [7, 11) is 4.28. The molecular weight excluding hydrogens is 258 g/mol. The molecule has 1 aromatic carbocycles. The summed E-state index contributed by atoms with van der Waals surface area (Å²) >= 11 is 0. The molecule has 0 bridgehead atoms. The highest BCUT2D eigenvalue weighted by Crippen LogP contribution is 2.08. The summed E-state index contributed by atoms with van der Waals surface area (Å²) in [5.41, 5.74) is 2.78. The van der Waals surface area contributed by atoms with E-state index in [1.54, 1.807) is 0 Å². The summed E-state index contributed by atoms with van der Waals surface area (Å²) in [5, 5.41) is 3.46. The molecule has 0 aromatic heterocycles. The summed E-state index contributed by atoms with van der Waals surface area (Å²) in [4.78, 5) is 4.77. The van der Waals surface area contributed by atoms with Crippen LogP contribution in [0.25, 0.3) is 0 Å². The fraction of sp³-hybridized carbons (Fsp3) is 0.667. The van der Waals surface area contributed by atoms with Gasteiger partial charge >= 0.3 is 0 Å². The van der Waals surface area contributed by atoms with Crippen molar-refractivity contribution < 1.29 is 0 Å². The minimum atomic E-state index is 0.539. The van der Waals surface area contributed by atoms with Gasteiger partial charge in [0.05, 0.1) is 0 Å². The fourth-order valence-electron chi connectivity index (χ4n) is 2.30. The average Bonchev–Trinajstić information content (AvgIpc) is 2.45. The van der Waals surface area contributed by atoms with Crippen molar-refractivity contribution in [2.45, 2.75) is 46.3 Å². The number of hydrogen-bond acceptors (Lipinski definition) is 3. The molecule has 0 spiro atoms. The van der Waals surface area contributed by atoms with E-state index in [-0.39, 0.29) is 0 Å². The van der Waals surface area contributed by atoms with E-state index in [1.165, 1.54) is 24.1 Å². The Kier molecular flexibility index (Phi) is 8.58. The molecule has 1 rings (SSSR count). The Morgan fingerprint density at radius 1 is 1.00 bits per heavy atom. The van der Waals surface area contributed by atoms with Gasteiger partial charge in [-0.25, -0.2) is 0 Å². The highest BCUT2D eigenvalue weighted by molar-refractivity contribution is 5.22. The lowest BCUT2D eigenvalue weighted by Crippen LogP contribution is -2.27. The first kappa shape index (κ1) is 18.1. The molecule has 0 amide bonds. The van der Waals surface area contributed by atoms with Gasteiger partial charge in [-0.2, -0.15) is 0 Å². The number of rotatable bonds is 10. The Bertz CT molecular complexity index is 371. The van der Waals surface area contributed by atoms with Crippen LogP contribution in [0.5, 0.6) is 0 Å². The quantitative estimate of drug-likeness (QED) is 0.715. The van der Waals surface area contributed by atoms with Crippen LogP contribution < -0.4 is 5.32 Å². The molecule has 0 saturated heterocycles. The first-order valence-corrected chi connectivity index (χ1v) is 8.19. The van der Waals surface area contributed by atoms with Gasteiger partial charge in [0, 0.05) is 19.1 Å². The van der Waals surface area contributed by atoms with Gasteiger partial charge in [0.25, 0.3) is 0 Å². The van der Waals surface area contributed by atoms with E-state index in [2.05, 4.69) is 74.2 Å². The summed E-state index contributed by atoms with van der Waals surface area (Å²) in [6.45, 7) is 12.1. The second kappa shape index (κ2) is 9.93. The van der Waals surface area contributed by atoms with E-state index < -0.39 is 0 Å². The van der Waals surface area contributed by atoms with Crippen molar-refractivity contribution >= 4 is 0 Å². The van der Waals surface area contributed by atoms with Crippen LogP contribution in [0.2, 0.25) is 0 Å². The minimum Gasteiger partial charge on any atom is -0.310 e. The average molecular weight is 291 g/mol. The number of hydrogen-bond donors (Lipinski definition) is 1. The van der Waals surface area contributed by atoms with E-state index in [9.17, 15) is 0 Å².